The van der Waals surface area contributed by atoms with Crippen molar-refractivity contribution in [2.24, 2.45) is 4.99 Å². The molecule has 0 saturated heterocycles. The van der Waals surface area contributed by atoms with E-state index in [9.17, 15) is 9.28 Å². The number of rotatable bonds is 5. The largest absolute Gasteiger partial charge is 0.370 e. The third kappa shape index (κ3) is 4.57. The van der Waals surface area contributed by atoms with E-state index in [2.05, 4.69) is 15.7 Å². The Hall–Kier alpha value is -1.86. The number of amidine groups is 1. The maximum absolute atomic E-state index is 14.3. The van der Waals surface area contributed by atoms with E-state index >= 15 is 0 Å². The Bertz CT molecular complexity index is 523. The molecule has 2 N–H and O–H groups in total. The van der Waals surface area contributed by atoms with E-state index in [0.717, 1.165) is 6.54 Å². The second kappa shape index (κ2) is 7.80. The summed E-state index contributed by atoms with van der Waals surface area (Å²) in [7, 11) is 3.40. The number of nitrogens with zero attached hydrogens (tertiary/aromatic N) is 3. The summed E-state index contributed by atoms with van der Waals surface area (Å²) in [4.78, 5) is 16.2. The highest BCUT2D eigenvalue weighted by atomic mass is 35.5. The topological polar surface area (TPSA) is 60.0 Å². The Balaban J connectivity index is 0.00000220. The van der Waals surface area contributed by atoms with Crippen molar-refractivity contribution in [1.29, 1.82) is 0 Å². The fourth-order valence-corrected chi connectivity index (χ4v) is 1.91. The molecule has 0 bridgehead atoms. The normalized spacial score (nSPS) is 13.2. The number of hydrogen-bond acceptors (Lipinski definition) is 5. The van der Waals surface area contributed by atoms with Crippen molar-refractivity contribution in [2.45, 2.75) is 0 Å². The average molecular weight is 316 g/mol. The second-order valence-electron chi connectivity index (χ2n) is 4.63. The standard InChI is InChI=1S/C13H18FN5O.ClH/c1-18(2)17-13(20)10-5-3-4-6-11(10)19(14)9-12-15-7-8-16-12;/h3-6H,7-9H2,1-2H3,(H,15,16)(H,17,20);1H. The fourth-order valence-electron chi connectivity index (χ4n) is 1.91. The Morgan fingerprint density at radius 3 is 2.76 bits per heavy atom. The van der Waals surface area contributed by atoms with E-state index in [1.165, 1.54) is 5.01 Å². The summed E-state index contributed by atoms with van der Waals surface area (Å²) in [6.45, 7) is 1.39. The van der Waals surface area contributed by atoms with Gasteiger partial charge in [0.1, 0.15) is 12.4 Å². The third-order valence-corrected chi connectivity index (χ3v) is 2.77. The van der Waals surface area contributed by atoms with Gasteiger partial charge in [0.05, 0.1) is 17.8 Å². The van der Waals surface area contributed by atoms with Crippen LogP contribution in [0.15, 0.2) is 29.3 Å². The predicted molar refractivity (Wildman–Crippen MR) is 83.6 cm³/mol. The van der Waals surface area contributed by atoms with Gasteiger partial charge in [-0.15, -0.1) is 12.4 Å². The van der Waals surface area contributed by atoms with Crippen molar-refractivity contribution < 1.29 is 9.28 Å². The first-order valence-electron chi connectivity index (χ1n) is 6.36. The zero-order chi connectivity index (χ0) is 14.5. The molecule has 6 nitrogen and oxygen atoms in total. The average Bonchev–Trinajstić information content (AvgIpc) is 2.90. The molecular weight excluding hydrogens is 297 g/mol. The first-order chi connectivity index (χ1) is 9.58. The van der Waals surface area contributed by atoms with Gasteiger partial charge in [0.15, 0.2) is 0 Å². The van der Waals surface area contributed by atoms with Gasteiger partial charge in [-0.05, 0) is 12.1 Å². The van der Waals surface area contributed by atoms with Crippen molar-refractivity contribution in [3.63, 3.8) is 0 Å². The van der Waals surface area contributed by atoms with Gasteiger partial charge in [-0.3, -0.25) is 15.2 Å². The molecule has 116 valence electrons. The Morgan fingerprint density at radius 1 is 1.43 bits per heavy atom. The maximum Gasteiger partial charge on any atom is 0.267 e. The summed E-state index contributed by atoms with van der Waals surface area (Å²) in [5.74, 6) is 0.241. The highest BCUT2D eigenvalue weighted by Crippen LogP contribution is 2.20. The summed E-state index contributed by atoms with van der Waals surface area (Å²) in [5, 5.41) is 5.05. The first kappa shape index (κ1) is 17.2. The Morgan fingerprint density at radius 2 is 2.14 bits per heavy atom. The quantitative estimate of drug-likeness (QED) is 0.629. The van der Waals surface area contributed by atoms with Crippen LogP contribution in [0.4, 0.5) is 10.2 Å². The lowest BCUT2D eigenvalue weighted by molar-refractivity contribution is 0.0857. The lowest BCUT2D eigenvalue weighted by atomic mass is 10.1. The van der Waals surface area contributed by atoms with Crippen LogP contribution in [0, 0.1) is 0 Å². The molecule has 1 heterocycles. The van der Waals surface area contributed by atoms with E-state index in [-0.39, 0.29) is 36.1 Å². The number of benzene rings is 1. The number of hydrazine groups is 1. The van der Waals surface area contributed by atoms with Crippen LogP contribution in [0.2, 0.25) is 0 Å². The molecule has 0 aromatic heterocycles. The van der Waals surface area contributed by atoms with Crippen LogP contribution in [0.5, 0.6) is 0 Å². The number of hydrogen-bond donors (Lipinski definition) is 2. The molecule has 1 aliphatic rings. The van der Waals surface area contributed by atoms with Gasteiger partial charge >= 0.3 is 0 Å². The molecule has 0 fully saturated rings. The van der Waals surface area contributed by atoms with Crippen molar-refractivity contribution in [2.75, 3.05) is 38.9 Å². The summed E-state index contributed by atoms with van der Waals surface area (Å²) in [5.41, 5.74) is 3.11. The minimum absolute atomic E-state index is 0. The molecule has 8 heteroatoms. The highest BCUT2D eigenvalue weighted by Gasteiger charge is 2.18. The first-order valence-corrected chi connectivity index (χ1v) is 6.36. The van der Waals surface area contributed by atoms with Crippen LogP contribution >= 0.6 is 12.4 Å². The number of aliphatic imine (C=N–C) groups is 1. The van der Waals surface area contributed by atoms with E-state index < -0.39 is 0 Å². The molecule has 0 radical (unpaired) electrons. The number of anilines is 1. The molecule has 2 rings (SSSR count). The van der Waals surface area contributed by atoms with Gasteiger partial charge in [0, 0.05) is 20.6 Å². The van der Waals surface area contributed by atoms with Crippen molar-refractivity contribution in [3.8, 4) is 0 Å². The van der Waals surface area contributed by atoms with Gasteiger partial charge in [-0.1, -0.05) is 16.6 Å². The summed E-state index contributed by atoms with van der Waals surface area (Å²) in [6.07, 6.45) is 0. The molecule has 0 unspecified atom stereocenters. The molecule has 1 amide bonds. The summed E-state index contributed by atoms with van der Waals surface area (Å²) < 4.78 is 14.3. The lowest BCUT2D eigenvalue weighted by Gasteiger charge is -2.19. The second-order valence-corrected chi connectivity index (χ2v) is 4.63. The minimum atomic E-state index is -0.352. The van der Waals surface area contributed by atoms with Crippen molar-refractivity contribution in [3.05, 3.63) is 29.8 Å². The molecule has 0 atom stereocenters. The van der Waals surface area contributed by atoms with Crippen LogP contribution in [0.25, 0.3) is 0 Å². The van der Waals surface area contributed by atoms with E-state index in [0.29, 0.717) is 17.5 Å². The Kier molecular flexibility index (Phi) is 6.39. The SMILES string of the molecule is CN(C)NC(=O)c1ccccc1N(F)CC1=NCCN1.Cl. The smallest absolute Gasteiger partial charge is 0.267 e. The van der Waals surface area contributed by atoms with Gasteiger partial charge in [0.2, 0.25) is 0 Å². The summed E-state index contributed by atoms with van der Waals surface area (Å²) in [6, 6.07) is 6.55. The van der Waals surface area contributed by atoms with Gasteiger partial charge in [0.25, 0.3) is 5.91 Å². The minimum Gasteiger partial charge on any atom is -0.370 e. The highest BCUT2D eigenvalue weighted by molar-refractivity contribution is 6.00. The molecule has 1 aromatic carbocycles. The van der Waals surface area contributed by atoms with E-state index in [4.69, 9.17) is 0 Å². The molecule has 0 aliphatic carbocycles. The van der Waals surface area contributed by atoms with Gasteiger partial charge < -0.3 is 5.32 Å². The number of halogens is 2. The van der Waals surface area contributed by atoms with E-state index in [1.54, 1.807) is 38.4 Å². The maximum atomic E-state index is 14.3. The van der Waals surface area contributed by atoms with Crippen LogP contribution in [-0.2, 0) is 0 Å². The van der Waals surface area contributed by atoms with Crippen LogP contribution in [0.3, 0.4) is 0 Å². The molecule has 1 aliphatic heterocycles. The number of carbonyl (C=O) groups excluding carboxylic acids is 1. The van der Waals surface area contributed by atoms with Crippen LogP contribution in [-0.4, -0.2) is 50.5 Å². The molecule has 1 aromatic rings. The molecule has 0 saturated carbocycles. The zero-order valence-electron chi connectivity index (χ0n) is 12.0. The number of para-hydroxylation sites is 1. The van der Waals surface area contributed by atoms with Crippen molar-refractivity contribution >= 4 is 29.8 Å². The predicted octanol–water partition coefficient (Wildman–Crippen LogP) is 1.01. The lowest BCUT2D eigenvalue weighted by Crippen LogP contribution is -2.37. The molecule has 21 heavy (non-hydrogen) atoms. The molecular formula is C13H19ClFN5O. The monoisotopic (exact) mass is 315 g/mol. The number of amides is 1. The van der Waals surface area contributed by atoms with Crippen molar-refractivity contribution in [1.82, 2.24) is 15.8 Å². The third-order valence-electron chi connectivity index (χ3n) is 2.77. The van der Waals surface area contributed by atoms with Gasteiger partial charge in [-0.2, -0.15) is 0 Å². The van der Waals surface area contributed by atoms with Gasteiger partial charge in [-0.25, -0.2) is 10.1 Å². The van der Waals surface area contributed by atoms with Crippen LogP contribution in [0.1, 0.15) is 10.4 Å². The van der Waals surface area contributed by atoms with Crippen LogP contribution < -0.4 is 15.9 Å². The molecule has 0 spiro atoms. The number of carbonyl (C=O) groups is 1. The zero-order valence-corrected chi connectivity index (χ0v) is 12.8. The number of nitrogens with one attached hydrogen (secondary N) is 2. The van der Waals surface area contributed by atoms with E-state index in [1.807, 2.05) is 0 Å². The fraction of sp³-hybridized carbons (Fsp3) is 0.385. The summed E-state index contributed by atoms with van der Waals surface area (Å²) >= 11 is 0. The Labute approximate surface area is 129 Å².